The monoisotopic (exact) mass is 291 g/mol. The molecule has 0 aromatic carbocycles. The highest BCUT2D eigenvalue weighted by Gasteiger charge is 2.38. The van der Waals surface area contributed by atoms with Crippen LogP contribution in [0.4, 0.5) is 0 Å². The zero-order valence-corrected chi connectivity index (χ0v) is 13.3. The number of carboxylic acids is 1. The normalized spacial score (nSPS) is 21.1. The molecule has 0 spiro atoms. The number of hydrogen-bond donors (Lipinski definition) is 2. The zero-order valence-electron chi connectivity index (χ0n) is 13.3. The molecule has 21 heavy (non-hydrogen) atoms. The first-order valence-corrected chi connectivity index (χ1v) is 7.44. The molecule has 2 rings (SSSR count). The van der Waals surface area contributed by atoms with Crippen LogP contribution in [0.3, 0.4) is 0 Å². The maximum Gasteiger partial charge on any atom is 0.339 e. The summed E-state index contributed by atoms with van der Waals surface area (Å²) in [4.78, 5) is 19.1. The third-order valence-electron chi connectivity index (χ3n) is 4.14. The van der Waals surface area contributed by atoms with Gasteiger partial charge in [-0.25, -0.2) is 14.8 Å². The van der Waals surface area contributed by atoms with Crippen molar-refractivity contribution in [3.63, 3.8) is 0 Å². The second-order valence-electron chi connectivity index (χ2n) is 7.68. The van der Waals surface area contributed by atoms with Gasteiger partial charge in [0.1, 0.15) is 11.9 Å². The molecule has 0 atom stereocenters. The van der Waals surface area contributed by atoms with Crippen molar-refractivity contribution in [2.24, 2.45) is 10.8 Å². The van der Waals surface area contributed by atoms with E-state index in [-0.39, 0.29) is 5.56 Å². The summed E-state index contributed by atoms with van der Waals surface area (Å²) in [5.41, 5.74) is 1.35. The van der Waals surface area contributed by atoms with Crippen LogP contribution >= 0.6 is 0 Å². The Bertz CT molecular complexity index is 510. The van der Waals surface area contributed by atoms with Gasteiger partial charge in [0.25, 0.3) is 0 Å². The van der Waals surface area contributed by atoms with Crippen LogP contribution in [0.1, 0.15) is 63.0 Å². The van der Waals surface area contributed by atoms with Gasteiger partial charge in [0.05, 0.1) is 5.69 Å². The number of aromatic carboxylic acids is 1. The van der Waals surface area contributed by atoms with Crippen LogP contribution in [0.5, 0.6) is 0 Å². The highest BCUT2D eigenvalue weighted by Crippen LogP contribution is 2.45. The number of rotatable bonds is 4. The van der Waals surface area contributed by atoms with Gasteiger partial charge in [-0.2, -0.15) is 0 Å². The van der Waals surface area contributed by atoms with Crippen LogP contribution in [0.2, 0.25) is 0 Å². The lowest BCUT2D eigenvalue weighted by atomic mass is 9.63. The highest BCUT2D eigenvalue weighted by molar-refractivity contribution is 5.88. The summed E-state index contributed by atoms with van der Waals surface area (Å²) in [5.74, 6) is -0.975. The first-order chi connectivity index (χ1) is 9.69. The maximum atomic E-state index is 11.2. The molecular formula is C16H25N3O2. The highest BCUT2D eigenvalue weighted by atomic mass is 16.4. The number of hydrogen-bond acceptors (Lipinski definition) is 4. The van der Waals surface area contributed by atoms with E-state index in [1.54, 1.807) is 0 Å². The van der Waals surface area contributed by atoms with Crippen molar-refractivity contribution in [1.29, 1.82) is 0 Å². The molecule has 5 nitrogen and oxygen atoms in total. The third kappa shape index (κ3) is 4.24. The molecule has 0 saturated heterocycles. The lowest BCUT2D eigenvalue weighted by Crippen LogP contribution is -2.43. The fraction of sp³-hybridized carbons (Fsp3) is 0.688. The molecule has 1 aliphatic rings. The molecule has 116 valence electrons. The zero-order chi connectivity index (χ0) is 15.7. The van der Waals surface area contributed by atoms with Crippen molar-refractivity contribution in [3.05, 3.63) is 23.8 Å². The molecule has 1 aliphatic carbocycles. The number of carbonyl (C=O) groups is 1. The van der Waals surface area contributed by atoms with Gasteiger partial charge < -0.3 is 10.4 Å². The summed E-state index contributed by atoms with van der Waals surface area (Å²) in [7, 11) is 0. The molecular weight excluding hydrogens is 266 g/mol. The van der Waals surface area contributed by atoms with Crippen molar-refractivity contribution in [2.75, 3.05) is 0 Å². The molecule has 0 bridgehead atoms. The largest absolute Gasteiger partial charge is 0.478 e. The SMILES string of the molecule is CC1(C)CC(NCc2ncncc2C(=O)O)CC(C)(C)C1. The van der Waals surface area contributed by atoms with E-state index in [9.17, 15) is 4.79 Å². The summed E-state index contributed by atoms with van der Waals surface area (Å²) in [6, 6.07) is 0.389. The average Bonchev–Trinajstić information content (AvgIpc) is 2.33. The molecule has 0 unspecified atom stereocenters. The molecule has 0 amide bonds. The van der Waals surface area contributed by atoms with Crippen LogP contribution in [0.25, 0.3) is 0 Å². The van der Waals surface area contributed by atoms with E-state index < -0.39 is 5.97 Å². The summed E-state index contributed by atoms with van der Waals surface area (Å²) < 4.78 is 0. The molecule has 1 aromatic heterocycles. The Kier molecular flexibility index (Phi) is 4.33. The van der Waals surface area contributed by atoms with Crippen molar-refractivity contribution in [3.8, 4) is 0 Å². The van der Waals surface area contributed by atoms with Gasteiger partial charge >= 0.3 is 5.97 Å². The second kappa shape index (κ2) is 5.72. The van der Waals surface area contributed by atoms with Crippen molar-refractivity contribution >= 4 is 5.97 Å². The minimum Gasteiger partial charge on any atom is -0.478 e. The van der Waals surface area contributed by atoms with Gasteiger partial charge in [-0.1, -0.05) is 27.7 Å². The maximum absolute atomic E-state index is 11.2. The van der Waals surface area contributed by atoms with E-state index in [4.69, 9.17) is 5.11 Å². The Balaban J connectivity index is 2.05. The van der Waals surface area contributed by atoms with E-state index in [2.05, 4.69) is 43.0 Å². The molecule has 1 fully saturated rings. The van der Waals surface area contributed by atoms with Crippen molar-refractivity contribution < 1.29 is 9.90 Å². The average molecular weight is 291 g/mol. The van der Waals surface area contributed by atoms with Gasteiger partial charge in [-0.3, -0.25) is 0 Å². The molecule has 5 heteroatoms. The van der Waals surface area contributed by atoms with Crippen molar-refractivity contribution in [1.82, 2.24) is 15.3 Å². The van der Waals surface area contributed by atoms with E-state index in [1.807, 2.05) is 0 Å². The van der Waals surface area contributed by atoms with Crippen LogP contribution in [0, 0.1) is 10.8 Å². The predicted molar refractivity (Wildman–Crippen MR) is 81.0 cm³/mol. The lowest BCUT2D eigenvalue weighted by Gasteiger charge is -2.45. The van der Waals surface area contributed by atoms with Gasteiger partial charge in [0.2, 0.25) is 0 Å². The standard InChI is InChI=1S/C16H25N3O2/c1-15(2)5-11(6-16(3,4)9-15)18-8-13-12(14(20)21)7-17-10-19-13/h7,10-11,18H,5-6,8-9H2,1-4H3,(H,20,21). The fourth-order valence-electron chi connectivity index (χ4n) is 3.91. The summed E-state index contributed by atoms with van der Waals surface area (Å²) >= 11 is 0. The Morgan fingerprint density at radius 2 is 1.95 bits per heavy atom. The molecule has 0 aliphatic heterocycles. The predicted octanol–water partition coefficient (Wildman–Crippen LogP) is 2.87. The van der Waals surface area contributed by atoms with E-state index in [1.165, 1.54) is 18.9 Å². The van der Waals surface area contributed by atoms with Crippen molar-refractivity contribution in [2.45, 2.75) is 59.5 Å². The fourth-order valence-corrected chi connectivity index (χ4v) is 3.91. The number of carboxylic acid groups (broad SMARTS) is 1. The van der Waals surface area contributed by atoms with Gasteiger partial charge in [0.15, 0.2) is 0 Å². The van der Waals surface area contributed by atoms with Gasteiger partial charge in [-0.15, -0.1) is 0 Å². The van der Waals surface area contributed by atoms with Crippen LogP contribution in [0.15, 0.2) is 12.5 Å². The summed E-state index contributed by atoms with van der Waals surface area (Å²) in [6.45, 7) is 9.68. The minimum atomic E-state index is -0.975. The lowest BCUT2D eigenvalue weighted by molar-refractivity contribution is 0.0691. The molecule has 2 N–H and O–H groups in total. The molecule has 1 saturated carbocycles. The van der Waals surface area contributed by atoms with Gasteiger partial charge in [-0.05, 0) is 30.1 Å². The van der Waals surface area contributed by atoms with Crippen LogP contribution in [-0.4, -0.2) is 27.1 Å². The number of nitrogens with one attached hydrogen (secondary N) is 1. The van der Waals surface area contributed by atoms with Crippen LogP contribution < -0.4 is 5.32 Å². The number of nitrogens with zero attached hydrogens (tertiary/aromatic N) is 2. The quantitative estimate of drug-likeness (QED) is 0.892. The Morgan fingerprint density at radius 3 is 2.52 bits per heavy atom. The van der Waals surface area contributed by atoms with E-state index in [0.717, 1.165) is 12.8 Å². The minimum absolute atomic E-state index is 0.180. The summed E-state index contributed by atoms with van der Waals surface area (Å²) in [5, 5.41) is 12.7. The molecule has 1 aromatic rings. The van der Waals surface area contributed by atoms with E-state index >= 15 is 0 Å². The first kappa shape index (κ1) is 15.9. The van der Waals surface area contributed by atoms with Gasteiger partial charge in [0, 0.05) is 18.8 Å². The van der Waals surface area contributed by atoms with Crippen LogP contribution in [-0.2, 0) is 6.54 Å². The Labute approximate surface area is 126 Å². The number of aromatic nitrogens is 2. The second-order valence-corrected chi connectivity index (χ2v) is 7.68. The molecule has 0 radical (unpaired) electrons. The Morgan fingerprint density at radius 1 is 1.33 bits per heavy atom. The third-order valence-corrected chi connectivity index (χ3v) is 4.14. The smallest absolute Gasteiger partial charge is 0.339 e. The first-order valence-electron chi connectivity index (χ1n) is 7.44. The van der Waals surface area contributed by atoms with E-state index in [0.29, 0.717) is 29.1 Å². The molecule has 1 heterocycles. The topological polar surface area (TPSA) is 75.1 Å². The Hall–Kier alpha value is -1.49. The summed E-state index contributed by atoms with van der Waals surface area (Å²) in [6.07, 6.45) is 6.18.